The predicted molar refractivity (Wildman–Crippen MR) is 91.8 cm³/mol. The van der Waals surface area contributed by atoms with Crippen molar-refractivity contribution >= 4 is 22.0 Å². The molecule has 3 rings (SSSR count). The Hall–Kier alpha value is -1.54. The highest BCUT2D eigenvalue weighted by Gasteiger charge is 2.28. The third kappa shape index (κ3) is 2.91. The smallest absolute Gasteiger partial charge is 0.128 e. The average Bonchev–Trinajstić information content (AvgIpc) is 2.39. The van der Waals surface area contributed by atoms with E-state index in [4.69, 9.17) is 4.74 Å². The van der Waals surface area contributed by atoms with Crippen LogP contribution in [0.3, 0.4) is 0 Å². The molecule has 1 heterocycles. The highest BCUT2D eigenvalue weighted by Crippen LogP contribution is 2.39. The third-order valence-electron chi connectivity index (χ3n) is 3.74. The Balaban J connectivity index is 2.07. The molecular weight excluding hydrogens is 324 g/mol. The molecule has 0 bridgehead atoms. The van der Waals surface area contributed by atoms with E-state index in [-0.39, 0.29) is 5.60 Å². The van der Waals surface area contributed by atoms with Gasteiger partial charge in [-0.25, -0.2) is 0 Å². The van der Waals surface area contributed by atoms with E-state index < -0.39 is 0 Å². The standard InChI is InChI=1S/C19H19BrO/c1-13-12-19(2,3)21-17-10-6-8-15(18(13)17)11-14-7-4-5-9-16(14)20/h4-7,9-12H,8H2,1-3H3. The van der Waals surface area contributed by atoms with Gasteiger partial charge in [-0.2, -0.15) is 0 Å². The summed E-state index contributed by atoms with van der Waals surface area (Å²) in [6, 6.07) is 8.30. The first-order chi connectivity index (χ1) is 9.96. The lowest BCUT2D eigenvalue weighted by Gasteiger charge is -2.33. The van der Waals surface area contributed by atoms with E-state index in [0.29, 0.717) is 0 Å². The predicted octanol–water partition coefficient (Wildman–Crippen LogP) is 5.80. The maximum absolute atomic E-state index is 6.11. The average molecular weight is 343 g/mol. The molecule has 108 valence electrons. The second-order valence-corrected chi connectivity index (χ2v) is 6.92. The molecule has 0 aromatic heterocycles. The van der Waals surface area contributed by atoms with Crippen molar-refractivity contribution in [3.63, 3.8) is 0 Å². The largest absolute Gasteiger partial charge is 0.483 e. The Labute approximate surface area is 134 Å². The van der Waals surface area contributed by atoms with Crippen molar-refractivity contribution in [3.8, 4) is 0 Å². The summed E-state index contributed by atoms with van der Waals surface area (Å²) in [7, 11) is 0. The van der Waals surface area contributed by atoms with Gasteiger partial charge in [-0.05, 0) is 68.2 Å². The summed E-state index contributed by atoms with van der Waals surface area (Å²) in [5, 5.41) is 0. The summed E-state index contributed by atoms with van der Waals surface area (Å²) in [6.45, 7) is 6.37. The van der Waals surface area contributed by atoms with Gasteiger partial charge >= 0.3 is 0 Å². The molecule has 0 atom stereocenters. The van der Waals surface area contributed by atoms with Crippen molar-refractivity contribution in [2.45, 2.75) is 32.8 Å². The minimum atomic E-state index is -0.233. The summed E-state index contributed by atoms with van der Waals surface area (Å²) in [5.41, 5.74) is 4.82. The lowest BCUT2D eigenvalue weighted by molar-refractivity contribution is 0.0797. The first-order valence-corrected chi connectivity index (χ1v) is 8.01. The first-order valence-electron chi connectivity index (χ1n) is 7.21. The molecule has 0 saturated heterocycles. The number of hydrogen-bond donors (Lipinski definition) is 0. The zero-order chi connectivity index (χ0) is 15.0. The summed E-state index contributed by atoms with van der Waals surface area (Å²) in [5.74, 6) is 0.990. The summed E-state index contributed by atoms with van der Waals surface area (Å²) < 4.78 is 7.23. The molecule has 21 heavy (non-hydrogen) atoms. The van der Waals surface area contributed by atoms with Gasteiger partial charge in [0.15, 0.2) is 0 Å². The van der Waals surface area contributed by atoms with Crippen LogP contribution >= 0.6 is 15.9 Å². The van der Waals surface area contributed by atoms with Crippen molar-refractivity contribution in [1.29, 1.82) is 0 Å². The fourth-order valence-electron chi connectivity index (χ4n) is 2.99. The molecule has 0 N–H and O–H groups in total. The van der Waals surface area contributed by atoms with Crippen LogP contribution in [0.25, 0.3) is 6.08 Å². The van der Waals surface area contributed by atoms with Crippen molar-refractivity contribution in [2.24, 2.45) is 0 Å². The van der Waals surface area contributed by atoms with Crippen LogP contribution in [-0.4, -0.2) is 5.60 Å². The van der Waals surface area contributed by atoms with Gasteiger partial charge in [-0.1, -0.05) is 40.2 Å². The second-order valence-electron chi connectivity index (χ2n) is 6.07. The van der Waals surface area contributed by atoms with Crippen LogP contribution < -0.4 is 0 Å². The molecular formula is C19H19BrO. The molecule has 0 amide bonds. The lowest BCUT2D eigenvalue weighted by Crippen LogP contribution is -2.26. The molecule has 1 aromatic rings. The van der Waals surface area contributed by atoms with Gasteiger partial charge in [0.1, 0.15) is 11.4 Å². The van der Waals surface area contributed by atoms with E-state index in [1.807, 2.05) is 6.07 Å². The van der Waals surface area contributed by atoms with Crippen LogP contribution in [0.1, 0.15) is 32.8 Å². The molecule has 2 aliphatic rings. The van der Waals surface area contributed by atoms with Gasteiger partial charge in [0, 0.05) is 10.0 Å². The van der Waals surface area contributed by atoms with E-state index in [1.165, 1.54) is 22.3 Å². The molecule has 0 fully saturated rings. The molecule has 1 aromatic carbocycles. The maximum atomic E-state index is 6.11. The Morgan fingerprint density at radius 2 is 2.00 bits per heavy atom. The summed E-state index contributed by atoms with van der Waals surface area (Å²) in [6.07, 6.45) is 9.68. The number of rotatable bonds is 1. The summed E-state index contributed by atoms with van der Waals surface area (Å²) in [4.78, 5) is 0. The van der Waals surface area contributed by atoms with E-state index >= 15 is 0 Å². The van der Waals surface area contributed by atoms with Crippen LogP contribution in [0.4, 0.5) is 0 Å². The Morgan fingerprint density at radius 3 is 2.76 bits per heavy atom. The van der Waals surface area contributed by atoms with Crippen LogP contribution in [-0.2, 0) is 4.74 Å². The zero-order valence-electron chi connectivity index (χ0n) is 12.6. The minimum Gasteiger partial charge on any atom is -0.483 e. The van der Waals surface area contributed by atoms with Gasteiger partial charge < -0.3 is 4.74 Å². The highest BCUT2D eigenvalue weighted by molar-refractivity contribution is 9.10. The number of ether oxygens (including phenoxy) is 1. The molecule has 1 aliphatic carbocycles. The number of hydrogen-bond acceptors (Lipinski definition) is 1. The van der Waals surface area contributed by atoms with E-state index in [2.05, 4.69) is 79.2 Å². The molecule has 0 unspecified atom stereocenters. The Morgan fingerprint density at radius 1 is 1.24 bits per heavy atom. The Bertz CT molecular complexity index is 702. The van der Waals surface area contributed by atoms with E-state index in [1.54, 1.807) is 0 Å². The quantitative estimate of drug-likeness (QED) is 0.626. The molecule has 0 spiro atoms. The van der Waals surface area contributed by atoms with Crippen molar-refractivity contribution in [3.05, 3.63) is 75.0 Å². The number of benzene rings is 1. The fraction of sp³-hybridized carbons (Fsp3) is 0.263. The maximum Gasteiger partial charge on any atom is 0.128 e. The van der Waals surface area contributed by atoms with E-state index in [9.17, 15) is 0 Å². The normalized spacial score (nSPS) is 21.9. The van der Waals surface area contributed by atoms with Crippen LogP contribution in [0.2, 0.25) is 0 Å². The number of halogens is 1. The number of allylic oxidation sites excluding steroid dienone is 5. The topological polar surface area (TPSA) is 9.23 Å². The fourth-order valence-corrected chi connectivity index (χ4v) is 3.39. The van der Waals surface area contributed by atoms with Crippen LogP contribution in [0.15, 0.2) is 69.4 Å². The highest BCUT2D eigenvalue weighted by atomic mass is 79.9. The molecule has 1 aliphatic heterocycles. The van der Waals surface area contributed by atoms with Crippen molar-refractivity contribution in [1.82, 2.24) is 0 Å². The second kappa shape index (κ2) is 5.34. The SMILES string of the molecule is CC1=CC(C)(C)OC2=C1C(=Cc1ccccc1Br)CC=C2. The minimum absolute atomic E-state index is 0.233. The van der Waals surface area contributed by atoms with Gasteiger partial charge in [-0.15, -0.1) is 0 Å². The third-order valence-corrected chi connectivity index (χ3v) is 4.46. The molecule has 0 saturated carbocycles. The molecule has 0 radical (unpaired) electrons. The van der Waals surface area contributed by atoms with Crippen LogP contribution in [0, 0.1) is 0 Å². The summed E-state index contributed by atoms with van der Waals surface area (Å²) >= 11 is 3.62. The zero-order valence-corrected chi connectivity index (χ0v) is 14.2. The van der Waals surface area contributed by atoms with Gasteiger partial charge in [-0.3, -0.25) is 0 Å². The van der Waals surface area contributed by atoms with Crippen molar-refractivity contribution in [2.75, 3.05) is 0 Å². The molecule has 2 heteroatoms. The van der Waals surface area contributed by atoms with Gasteiger partial charge in [0.05, 0.1) is 0 Å². The molecule has 1 nitrogen and oxygen atoms in total. The first kappa shape index (κ1) is 14.4. The Kier molecular flexibility index (Phi) is 3.66. The monoisotopic (exact) mass is 342 g/mol. The van der Waals surface area contributed by atoms with Crippen molar-refractivity contribution < 1.29 is 4.74 Å². The van der Waals surface area contributed by atoms with Crippen LogP contribution in [0.5, 0.6) is 0 Å². The van der Waals surface area contributed by atoms with E-state index in [0.717, 1.165) is 16.7 Å². The van der Waals surface area contributed by atoms with Gasteiger partial charge in [0.25, 0.3) is 0 Å². The lowest BCUT2D eigenvalue weighted by atomic mass is 9.86. The van der Waals surface area contributed by atoms with Gasteiger partial charge in [0.2, 0.25) is 0 Å².